The number of benzene rings is 1. The van der Waals surface area contributed by atoms with Crippen LogP contribution in [0.1, 0.15) is 37.4 Å². The molecule has 148 valence electrons. The molecule has 0 bridgehead atoms. The minimum atomic E-state index is 0.0145. The van der Waals surface area contributed by atoms with E-state index in [0.29, 0.717) is 16.7 Å². The van der Waals surface area contributed by atoms with Gasteiger partial charge in [0.25, 0.3) is 0 Å². The van der Waals surface area contributed by atoms with Crippen molar-refractivity contribution in [3.63, 3.8) is 0 Å². The molecule has 4 N–H and O–H groups in total. The summed E-state index contributed by atoms with van der Waals surface area (Å²) >= 11 is 6.12. The van der Waals surface area contributed by atoms with Crippen molar-refractivity contribution in [3.05, 3.63) is 34.5 Å². The fourth-order valence-corrected chi connectivity index (χ4v) is 4.36. The van der Waals surface area contributed by atoms with Gasteiger partial charge in [0.15, 0.2) is 0 Å². The summed E-state index contributed by atoms with van der Waals surface area (Å²) in [5.41, 5.74) is 9.59. The molecule has 1 fully saturated rings. The SMILES string of the molecule is CC(=O)N[C@@H]1CCCN(c2nc(Nc3cc(N)cc(Cl)c3)nc3c2CCC3)C1. The van der Waals surface area contributed by atoms with Crippen LogP contribution in [0.4, 0.5) is 23.1 Å². The lowest BCUT2D eigenvalue weighted by Gasteiger charge is -2.35. The highest BCUT2D eigenvalue weighted by molar-refractivity contribution is 6.31. The summed E-state index contributed by atoms with van der Waals surface area (Å²) in [6, 6.07) is 5.48. The third kappa shape index (κ3) is 4.14. The standard InChI is InChI=1S/C20H25ClN6O/c1-12(28)23-15-4-3-7-27(11-15)19-17-5-2-6-18(17)25-20(26-19)24-16-9-13(21)8-14(22)10-16/h8-10,15H,2-7,11,22H2,1H3,(H,23,28)(H,24,25,26)/t15-/m1/s1. The number of carbonyl (C=O) groups excluding carboxylic acids is 1. The zero-order valence-corrected chi connectivity index (χ0v) is 16.7. The second kappa shape index (κ2) is 7.83. The number of halogens is 1. The second-order valence-corrected chi connectivity index (χ2v) is 7.97. The Balaban J connectivity index is 1.63. The molecule has 1 aliphatic carbocycles. The van der Waals surface area contributed by atoms with Crippen molar-refractivity contribution >= 4 is 40.6 Å². The average molecular weight is 401 g/mol. The Morgan fingerprint density at radius 3 is 2.89 bits per heavy atom. The molecule has 1 saturated heterocycles. The van der Waals surface area contributed by atoms with Crippen LogP contribution in [-0.2, 0) is 17.6 Å². The number of amides is 1. The van der Waals surface area contributed by atoms with E-state index in [9.17, 15) is 4.79 Å². The molecule has 1 atom stereocenters. The van der Waals surface area contributed by atoms with E-state index < -0.39 is 0 Å². The predicted molar refractivity (Wildman–Crippen MR) is 112 cm³/mol. The van der Waals surface area contributed by atoms with Crippen molar-refractivity contribution in [1.29, 1.82) is 0 Å². The van der Waals surface area contributed by atoms with Crippen molar-refractivity contribution in [2.75, 3.05) is 29.0 Å². The topological polar surface area (TPSA) is 96.2 Å². The number of nitrogens with one attached hydrogen (secondary N) is 2. The molecule has 0 spiro atoms. The fourth-order valence-electron chi connectivity index (χ4n) is 4.12. The molecule has 0 unspecified atom stereocenters. The molecule has 4 rings (SSSR count). The van der Waals surface area contributed by atoms with E-state index in [0.717, 1.165) is 62.4 Å². The monoisotopic (exact) mass is 400 g/mol. The van der Waals surface area contributed by atoms with Gasteiger partial charge in [0, 0.05) is 48.0 Å². The van der Waals surface area contributed by atoms with Gasteiger partial charge in [0.05, 0.1) is 5.69 Å². The van der Waals surface area contributed by atoms with Gasteiger partial charge >= 0.3 is 0 Å². The quantitative estimate of drug-likeness (QED) is 0.682. The van der Waals surface area contributed by atoms with E-state index in [-0.39, 0.29) is 11.9 Å². The summed E-state index contributed by atoms with van der Waals surface area (Å²) in [7, 11) is 0. The summed E-state index contributed by atoms with van der Waals surface area (Å²) < 4.78 is 0. The summed E-state index contributed by atoms with van der Waals surface area (Å²) in [5.74, 6) is 1.55. The zero-order valence-electron chi connectivity index (χ0n) is 16.0. The van der Waals surface area contributed by atoms with E-state index in [1.54, 1.807) is 13.0 Å². The summed E-state index contributed by atoms with van der Waals surface area (Å²) in [4.78, 5) is 23.3. The molecule has 0 saturated carbocycles. The number of piperidine rings is 1. The highest BCUT2D eigenvalue weighted by Crippen LogP contribution is 2.32. The smallest absolute Gasteiger partial charge is 0.229 e. The van der Waals surface area contributed by atoms with Crippen LogP contribution in [0.15, 0.2) is 18.2 Å². The molecule has 2 aliphatic rings. The van der Waals surface area contributed by atoms with Crippen LogP contribution in [0.3, 0.4) is 0 Å². The first-order valence-corrected chi connectivity index (χ1v) is 10.1. The summed E-state index contributed by atoms with van der Waals surface area (Å²) in [5, 5.41) is 6.87. The molecule has 1 aromatic carbocycles. The molecule has 2 aromatic rings. The molecule has 2 heterocycles. The Bertz CT molecular complexity index is 882. The number of aromatic nitrogens is 2. The molecule has 1 aromatic heterocycles. The minimum absolute atomic E-state index is 0.0145. The first kappa shape index (κ1) is 18.8. The van der Waals surface area contributed by atoms with Gasteiger partial charge in [-0.15, -0.1) is 0 Å². The van der Waals surface area contributed by atoms with E-state index in [4.69, 9.17) is 27.3 Å². The van der Waals surface area contributed by atoms with Gasteiger partial charge < -0.3 is 21.3 Å². The number of nitrogens with zero attached hydrogens (tertiary/aromatic N) is 3. The van der Waals surface area contributed by atoms with Crippen LogP contribution < -0.4 is 21.3 Å². The number of fused-ring (bicyclic) bond motifs is 1. The number of anilines is 4. The fraction of sp³-hybridized carbons (Fsp3) is 0.450. The van der Waals surface area contributed by atoms with Gasteiger partial charge in [0.1, 0.15) is 5.82 Å². The normalized spacial score (nSPS) is 18.6. The van der Waals surface area contributed by atoms with Crippen LogP contribution in [-0.4, -0.2) is 35.0 Å². The van der Waals surface area contributed by atoms with Crippen molar-refractivity contribution in [1.82, 2.24) is 15.3 Å². The van der Waals surface area contributed by atoms with Crippen molar-refractivity contribution in [3.8, 4) is 0 Å². The molecular formula is C20H25ClN6O. The lowest BCUT2D eigenvalue weighted by Crippen LogP contribution is -2.47. The zero-order chi connectivity index (χ0) is 19.7. The highest BCUT2D eigenvalue weighted by atomic mass is 35.5. The van der Waals surface area contributed by atoms with Crippen LogP contribution in [0.2, 0.25) is 5.02 Å². The third-order valence-corrected chi connectivity index (χ3v) is 5.43. The number of rotatable bonds is 4. The van der Waals surface area contributed by atoms with Crippen LogP contribution in [0, 0.1) is 0 Å². The lowest BCUT2D eigenvalue weighted by molar-refractivity contribution is -0.119. The molecule has 28 heavy (non-hydrogen) atoms. The van der Waals surface area contributed by atoms with Crippen LogP contribution in [0.25, 0.3) is 0 Å². The lowest BCUT2D eigenvalue weighted by atomic mass is 10.0. The largest absolute Gasteiger partial charge is 0.399 e. The Labute approximate surface area is 169 Å². The molecule has 8 heteroatoms. The third-order valence-electron chi connectivity index (χ3n) is 5.22. The summed E-state index contributed by atoms with van der Waals surface area (Å²) in [6.07, 6.45) is 5.07. The number of nitrogen functional groups attached to an aromatic ring is 1. The second-order valence-electron chi connectivity index (χ2n) is 7.53. The maximum absolute atomic E-state index is 11.5. The maximum atomic E-state index is 11.5. The Hall–Kier alpha value is -2.54. The molecule has 1 amide bonds. The van der Waals surface area contributed by atoms with E-state index in [2.05, 4.69) is 15.5 Å². The number of hydrogen-bond donors (Lipinski definition) is 3. The Morgan fingerprint density at radius 1 is 1.25 bits per heavy atom. The van der Waals surface area contributed by atoms with Gasteiger partial charge in [-0.25, -0.2) is 4.98 Å². The van der Waals surface area contributed by atoms with Crippen LogP contribution >= 0.6 is 11.6 Å². The van der Waals surface area contributed by atoms with Gasteiger partial charge in [-0.05, 0) is 50.3 Å². The van der Waals surface area contributed by atoms with Crippen LogP contribution in [0.5, 0.6) is 0 Å². The highest BCUT2D eigenvalue weighted by Gasteiger charge is 2.27. The Kier molecular flexibility index (Phi) is 5.26. The van der Waals surface area contributed by atoms with Gasteiger partial charge in [-0.3, -0.25) is 4.79 Å². The van der Waals surface area contributed by atoms with Crippen molar-refractivity contribution in [2.24, 2.45) is 0 Å². The number of nitrogens with two attached hydrogens (primary N) is 1. The van der Waals surface area contributed by atoms with Gasteiger partial charge in [-0.1, -0.05) is 11.6 Å². The first-order valence-electron chi connectivity index (χ1n) is 9.73. The number of hydrogen-bond acceptors (Lipinski definition) is 6. The molecular weight excluding hydrogens is 376 g/mol. The van der Waals surface area contributed by atoms with Crippen molar-refractivity contribution < 1.29 is 4.79 Å². The number of aryl methyl sites for hydroxylation is 1. The molecule has 1 aliphatic heterocycles. The number of carbonyl (C=O) groups is 1. The average Bonchev–Trinajstić information content (AvgIpc) is 3.08. The van der Waals surface area contributed by atoms with E-state index in [1.165, 1.54) is 5.56 Å². The minimum Gasteiger partial charge on any atom is -0.399 e. The molecule has 0 radical (unpaired) electrons. The summed E-state index contributed by atoms with van der Waals surface area (Å²) in [6.45, 7) is 3.27. The first-order chi connectivity index (χ1) is 13.5. The Morgan fingerprint density at radius 2 is 2.11 bits per heavy atom. The van der Waals surface area contributed by atoms with Crippen molar-refractivity contribution in [2.45, 2.75) is 45.1 Å². The van der Waals surface area contributed by atoms with E-state index >= 15 is 0 Å². The predicted octanol–water partition coefficient (Wildman–Crippen LogP) is 3.05. The maximum Gasteiger partial charge on any atom is 0.229 e. The van der Waals surface area contributed by atoms with Gasteiger partial charge in [0.2, 0.25) is 11.9 Å². The van der Waals surface area contributed by atoms with Gasteiger partial charge in [-0.2, -0.15) is 4.98 Å². The van der Waals surface area contributed by atoms with E-state index in [1.807, 2.05) is 12.1 Å². The molecule has 7 nitrogen and oxygen atoms in total.